The Labute approximate surface area is 160 Å². The molecule has 0 radical (unpaired) electrons. The molecule has 7 heteroatoms. The molecule has 2 aromatic rings. The van der Waals surface area contributed by atoms with Crippen molar-refractivity contribution in [2.75, 3.05) is 19.6 Å². The van der Waals surface area contributed by atoms with Gasteiger partial charge in [-0.1, -0.05) is 20.8 Å². The van der Waals surface area contributed by atoms with Gasteiger partial charge in [-0.05, 0) is 24.0 Å². The van der Waals surface area contributed by atoms with Crippen LogP contribution in [-0.2, 0) is 16.1 Å². The highest BCUT2D eigenvalue weighted by molar-refractivity contribution is 5.79. The Balaban J connectivity index is 1.72. The lowest BCUT2D eigenvalue weighted by atomic mass is 9.92. The number of carbonyl (C=O) groups is 2. The molecule has 0 saturated carbocycles. The third kappa shape index (κ3) is 4.64. The molecule has 1 unspecified atom stereocenters. The monoisotopic (exact) mass is 371 g/mol. The predicted octanol–water partition coefficient (Wildman–Crippen LogP) is 2.32. The Kier molecular flexibility index (Phi) is 5.48. The summed E-state index contributed by atoms with van der Waals surface area (Å²) in [6.07, 6.45) is 3.18. The molecule has 1 saturated heterocycles. The van der Waals surface area contributed by atoms with Crippen molar-refractivity contribution in [1.82, 2.24) is 25.0 Å². The number of nitrogens with one attached hydrogen (secondary N) is 1. The zero-order valence-electron chi connectivity index (χ0n) is 16.7. The Bertz CT molecular complexity index is 836. The van der Waals surface area contributed by atoms with E-state index in [1.54, 1.807) is 13.1 Å². The Morgan fingerprint density at radius 3 is 2.78 bits per heavy atom. The number of amides is 2. The Morgan fingerprint density at radius 2 is 2.11 bits per heavy atom. The van der Waals surface area contributed by atoms with Crippen LogP contribution in [-0.4, -0.2) is 51.1 Å². The van der Waals surface area contributed by atoms with Crippen LogP contribution in [0.1, 0.15) is 52.1 Å². The molecule has 1 aliphatic heterocycles. The highest BCUT2D eigenvalue weighted by Crippen LogP contribution is 2.31. The van der Waals surface area contributed by atoms with Gasteiger partial charge in [-0.15, -0.1) is 0 Å². The summed E-state index contributed by atoms with van der Waals surface area (Å²) in [5.74, 6) is 0.401. The highest BCUT2D eigenvalue weighted by atomic mass is 16.2. The summed E-state index contributed by atoms with van der Waals surface area (Å²) in [6, 6.07) is 3.95. The summed E-state index contributed by atoms with van der Waals surface area (Å²) in [7, 11) is 0. The third-order valence-electron chi connectivity index (χ3n) is 4.89. The molecule has 1 fully saturated rings. The van der Waals surface area contributed by atoms with E-state index in [9.17, 15) is 9.59 Å². The number of hydrogen-bond donors (Lipinski definition) is 1. The van der Waals surface area contributed by atoms with Gasteiger partial charge in [0.05, 0.1) is 12.2 Å². The van der Waals surface area contributed by atoms with Crippen LogP contribution in [0, 0.1) is 5.41 Å². The van der Waals surface area contributed by atoms with E-state index in [1.165, 1.54) is 0 Å². The minimum Gasteiger partial charge on any atom is -0.354 e. The molecule has 1 aliphatic rings. The van der Waals surface area contributed by atoms with Crippen molar-refractivity contribution in [2.45, 2.75) is 53.0 Å². The largest absolute Gasteiger partial charge is 0.354 e. The summed E-state index contributed by atoms with van der Waals surface area (Å²) in [6.45, 7) is 10.3. The van der Waals surface area contributed by atoms with Crippen molar-refractivity contribution in [3.8, 4) is 0 Å². The second-order valence-corrected chi connectivity index (χ2v) is 8.52. The molecule has 146 valence electrons. The first-order valence-electron chi connectivity index (χ1n) is 9.58. The predicted molar refractivity (Wildman–Crippen MR) is 104 cm³/mol. The number of hydrogen-bond acceptors (Lipinski definition) is 4. The molecular weight excluding hydrogens is 342 g/mol. The van der Waals surface area contributed by atoms with Gasteiger partial charge in [0.25, 0.3) is 0 Å². The van der Waals surface area contributed by atoms with Crippen LogP contribution in [0.25, 0.3) is 11.0 Å². The van der Waals surface area contributed by atoms with Gasteiger partial charge in [-0.3, -0.25) is 9.59 Å². The van der Waals surface area contributed by atoms with E-state index in [2.05, 4.69) is 31.1 Å². The maximum Gasteiger partial charge on any atom is 0.220 e. The van der Waals surface area contributed by atoms with Gasteiger partial charge in [0.2, 0.25) is 11.8 Å². The second-order valence-electron chi connectivity index (χ2n) is 8.52. The fourth-order valence-electron chi connectivity index (χ4n) is 3.61. The van der Waals surface area contributed by atoms with Gasteiger partial charge in [-0.2, -0.15) is 5.10 Å². The molecule has 3 heterocycles. The number of fused-ring (bicyclic) bond motifs is 1. The average Bonchev–Trinajstić information content (AvgIpc) is 3.18. The lowest BCUT2D eigenvalue weighted by molar-refractivity contribution is -0.127. The van der Waals surface area contributed by atoms with E-state index >= 15 is 0 Å². The normalized spacial score (nSPS) is 17.5. The standard InChI is InChI=1S/C20H29N5O2/c1-14(26)24-10-7-15(13-24)18-16-6-5-8-22-19(16)25(23-18)11-9-21-17(27)12-20(2,3)4/h5-6,8,15H,7,9-13H2,1-4H3,(H,21,27). The Morgan fingerprint density at radius 1 is 1.33 bits per heavy atom. The van der Waals surface area contributed by atoms with Gasteiger partial charge < -0.3 is 10.2 Å². The van der Waals surface area contributed by atoms with E-state index in [4.69, 9.17) is 5.10 Å². The van der Waals surface area contributed by atoms with Crippen LogP contribution < -0.4 is 5.32 Å². The second kappa shape index (κ2) is 7.66. The minimum absolute atomic E-state index is 0.0255. The van der Waals surface area contributed by atoms with Crippen LogP contribution in [0.4, 0.5) is 0 Å². The van der Waals surface area contributed by atoms with Crippen LogP contribution in [0.2, 0.25) is 0 Å². The van der Waals surface area contributed by atoms with E-state index < -0.39 is 0 Å². The summed E-state index contributed by atoms with van der Waals surface area (Å²) < 4.78 is 1.87. The average molecular weight is 371 g/mol. The molecule has 0 aliphatic carbocycles. The number of rotatable bonds is 5. The van der Waals surface area contributed by atoms with Crippen LogP contribution in [0.3, 0.4) is 0 Å². The number of nitrogens with zero attached hydrogens (tertiary/aromatic N) is 4. The molecule has 2 amide bonds. The quantitative estimate of drug-likeness (QED) is 0.875. The summed E-state index contributed by atoms with van der Waals surface area (Å²) >= 11 is 0. The molecule has 1 atom stereocenters. The van der Waals surface area contributed by atoms with Gasteiger partial charge >= 0.3 is 0 Å². The summed E-state index contributed by atoms with van der Waals surface area (Å²) in [5.41, 5.74) is 1.81. The minimum atomic E-state index is -0.0255. The van der Waals surface area contributed by atoms with Crippen LogP contribution >= 0.6 is 0 Å². The van der Waals surface area contributed by atoms with E-state index in [0.29, 0.717) is 26.1 Å². The number of aromatic nitrogens is 3. The topological polar surface area (TPSA) is 80.1 Å². The maximum atomic E-state index is 12.0. The lowest BCUT2D eigenvalue weighted by Gasteiger charge is -2.17. The zero-order valence-corrected chi connectivity index (χ0v) is 16.7. The van der Waals surface area contributed by atoms with Gasteiger partial charge in [0, 0.05) is 50.5 Å². The molecule has 27 heavy (non-hydrogen) atoms. The van der Waals surface area contributed by atoms with Gasteiger partial charge in [-0.25, -0.2) is 9.67 Å². The first-order valence-corrected chi connectivity index (χ1v) is 9.58. The van der Waals surface area contributed by atoms with Gasteiger partial charge in [0.15, 0.2) is 5.65 Å². The van der Waals surface area contributed by atoms with Crippen molar-refractivity contribution < 1.29 is 9.59 Å². The van der Waals surface area contributed by atoms with Crippen molar-refractivity contribution in [2.24, 2.45) is 5.41 Å². The fraction of sp³-hybridized carbons (Fsp3) is 0.600. The molecule has 1 N–H and O–H groups in total. The number of carbonyl (C=O) groups excluding carboxylic acids is 2. The SMILES string of the molecule is CC(=O)N1CCC(c2nn(CCNC(=O)CC(C)(C)C)c3ncccc23)C1. The molecule has 0 bridgehead atoms. The first-order chi connectivity index (χ1) is 12.7. The van der Waals surface area contributed by atoms with Crippen molar-refractivity contribution in [1.29, 1.82) is 0 Å². The molecule has 3 rings (SSSR count). The summed E-state index contributed by atoms with van der Waals surface area (Å²) in [5, 5.41) is 8.81. The zero-order chi connectivity index (χ0) is 19.6. The van der Waals surface area contributed by atoms with Crippen LogP contribution in [0.15, 0.2) is 18.3 Å². The van der Waals surface area contributed by atoms with Crippen LogP contribution in [0.5, 0.6) is 0 Å². The van der Waals surface area contributed by atoms with E-state index in [-0.39, 0.29) is 23.1 Å². The van der Waals surface area contributed by atoms with Gasteiger partial charge in [0.1, 0.15) is 0 Å². The first kappa shape index (κ1) is 19.3. The van der Waals surface area contributed by atoms with Crippen molar-refractivity contribution in [3.63, 3.8) is 0 Å². The van der Waals surface area contributed by atoms with E-state index in [1.807, 2.05) is 21.7 Å². The Hall–Kier alpha value is -2.44. The molecule has 7 nitrogen and oxygen atoms in total. The lowest BCUT2D eigenvalue weighted by Crippen LogP contribution is -2.30. The molecule has 0 aromatic carbocycles. The van der Waals surface area contributed by atoms with Crippen molar-refractivity contribution in [3.05, 3.63) is 24.0 Å². The van der Waals surface area contributed by atoms with E-state index in [0.717, 1.165) is 29.7 Å². The highest BCUT2D eigenvalue weighted by Gasteiger charge is 2.29. The number of likely N-dealkylation sites (tertiary alicyclic amines) is 1. The van der Waals surface area contributed by atoms with Crippen molar-refractivity contribution >= 4 is 22.8 Å². The molecular formula is C20H29N5O2. The number of pyridine rings is 1. The smallest absolute Gasteiger partial charge is 0.220 e. The fourth-order valence-corrected chi connectivity index (χ4v) is 3.61. The summed E-state index contributed by atoms with van der Waals surface area (Å²) in [4.78, 5) is 30.0. The molecule has 0 spiro atoms. The third-order valence-corrected chi connectivity index (χ3v) is 4.89. The maximum absolute atomic E-state index is 12.0. The molecule has 2 aromatic heterocycles.